The largest absolute Gasteiger partial charge is 0.480 e. The Hall–Kier alpha value is -2.11. The smallest absolute Gasteiger partial charge is 0.323 e. The van der Waals surface area contributed by atoms with E-state index in [1.54, 1.807) is 13.2 Å². The fraction of sp³-hybridized carbons (Fsp3) is 0.417. The molecule has 6 nitrogen and oxygen atoms in total. The van der Waals surface area contributed by atoms with E-state index in [1.807, 2.05) is 18.2 Å². The van der Waals surface area contributed by atoms with E-state index < -0.39 is 5.97 Å². The van der Waals surface area contributed by atoms with Crippen LogP contribution in [-0.4, -0.2) is 59.1 Å². The Morgan fingerprint density at radius 3 is 2.56 bits per heavy atom. The first-order valence-electron chi connectivity index (χ1n) is 5.58. The molecule has 0 aliphatic carbocycles. The molecule has 1 aromatic heterocycles. The van der Waals surface area contributed by atoms with Crippen LogP contribution >= 0.6 is 0 Å². The number of likely N-dealkylation sites (N-methyl/N-ethyl adjacent to an activating group) is 2. The van der Waals surface area contributed by atoms with Gasteiger partial charge in [-0.2, -0.15) is 0 Å². The number of aromatic nitrogens is 1. The van der Waals surface area contributed by atoms with Crippen molar-refractivity contribution >= 4 is 12.0 Å². The molecule has 0 bridgehead atoms. The van der Waals surface area contributed by atoms with E-state index in [-0.39, 0.29) is 12.6 Å². The Morgan fingerprint density at radius 2 is 2.00 bits per heavy atom. The number of amides is 2. The van der Waals surface area contributed by atoms with Crippen molar-refractivity contribution in [1.29, 1.82) is 0 Å². The molecule has 0 saturated heterocycles. The minimum atomic E-state index is -1.02. The average Bonchev–Trinajstić information content (AvgIpc) is 2.35. The Labute approximate surface area is 106 Å². The highest BCUT2D eigenvalue weighted by Gasteiger charge is 2.16. The fourth-order valence-electron chi connectivity index (χ4n) is 1.49. The summed E-state index contributed by atoms with van der Waals surface area (Å²) in [6.07, 6.45) is 2.34. The number of carboxylic acid groups (broad SMARTS) is 1. The van der Waals surface area contributed by atoms with Gasteiger partial charge in [-0.3, -0.25) is 9.78 Å². The average molecular weight is 251 g/mol. The fourth-order valence-corrected chi connectivity index (χ4v) is 1.49. The summed E-state index contributed by atoms with van der Waals surface area (Å²) in [5.41, 5.74) is 0.901. The van der Waals surface area contributed by atoms with Gasteiger partial charge in [0.1, 0.15) is 6.54 Å². The van der Waals surface area contributed by atoms with Crippen LogP contribution in [0.25, 0.3) is 0 Å². The molecule has 0 saturated carbocycles. The van der Waals surface area contributed by atoms with Gasteiger partial charge in [-0.25, -0.2) is 4.79 Å². The van der Waals surface area contributed by atoms with Gasteiger partial charge in [-0.15, -0.1) is 0 Å². The van der Waals surface area contributed by atoms with E-state index in [9.17, 15) is 9.59 Å². The van der Waals surface area contributed by atoms with E-state index in [2.05, 4.69) is 4.98 Å². The van der Waals surface area contributed by atoms with Gasteiger partial charge in [-0.1, -0.05) is 6.07 Å². The third kappa shape index (κ3) is 4.40. The molecule has 98 valence electrons. The maximum atomic E-state index is 11.8. The summed E-state index contributed by atoms with van der Waals surface area (Å²) in [5.74, 6) is -1.02. The summed E-state index contributed by atoms with van der Waals surface area (Å²) in [6.45, 7) is 0.201. The van der Waals surface area contributed by atoms with Crippen molar-refractivity contribution < 1.29 is 14.7 Å². The summed E-state index contributed by atoms with van der Waals surface area (Å²) >= 11 is 0. The lowest BCUT2D eigenvalue weighted by molar-refractivity contribution is -0.137. The van der Waals surface area contributed by atoms with E-state index >= 15 is 0 Å². The lowest BCUT2D eigenvalue weighted by Gasteiger charge is -2.23. The second-order valence-corrected chi connectivity index (χ2v) is 4.03. The summed E-state index contributed by atoms with van der Waals surface area (Å²) in [6, 6.07) is 5.30. The van der Waals surface area contributed by atoms with Crippen molar-refractivity contribution in [1.82, 2.24) is 14.8 Å². The number of hydrogen-bond acceptors (Lipinski definition) is 3. The molecule has 1 N–H and O–H groups in total. The molecule has 1 rings (SSSR count). The van der Waals surface area contributed by atoms with Crippen LogP contribution in [0.1, 0.15) is 5.69 Å². The maximum absolute atomic E-state index is 11.8. The first-order valence-corrected chi connectivity index (χ1v) is 5.58. The van der Waals surface area contributed by atoms with Gasteiger partial charge in [0, 0.05) is 39.0 Å². The van der Waals surface area contributed by atoms with Gasteiger partial charge in [0.25, 0.3) is 0 Å². The molecule has 0 radical (unpaired) electrons. The molecule has 1 aromatic rings. The molecule has 0 fully saturated rings. The number of aliphatic carboxylic acids is 1. The van der Waals surface area contributed by atoms with Crippen molar-refractivity contribution in [3.8, 4) is 0 Å². The van der Waals surface area contributed by atoms with Gasteiger partial charge < -0.3 is 14.9 Å². The minimum Gasteiger partial charge on any atom is -0.480 e. The van der Waals surface area contributed by atoms with Crippen molar-refractivity contribution in [3.63, 3.8) is 0 Å². The quantitative estimate of drug-likeness (QED) is 0.835. The second-order valence-electron chi connectivity index (χ2n) is 4.03. The predicted octanol–water partition coefficient (Wildman–Crippen LogP) is 0.692. The van der Waals surface area contributed by atoms with Crippen molar-refractivity contribution in [3.05, 3.63) is 30.1 Å². The molecular formula is C12H17N3O3. The number of urea groups is 1. The van der Waals surface area contributed by atoms with Gasteiger partial charge in [-0.05, 0) is 12.1 Å². The summed E-state index contributed by atoms with van der Waals surface area (Å²) in [4.78, 5) is 29.1. The number of pyridine rings is 1. The number of carbonyl (C=O) groups is 2. The van der Waals surface area contributed by atoms with Gasteiger partial charge in [0.15, 0.2) is 0 Å². The molecule has 0 aliphatic heterocycles. The zero-order valence-electron chi connectivity index (χ0n) is 10.5. The standard InChI is InChI=1S/C12H17N3O3/c1-14(12(18)15(2)9-11(16)17)8-6-10-5-3-4-7-13-10/h3-5,7H,6,8-9H2,1-2H3,(H,16,17). The Balaban J connectivity index is 2.43. The maximum Gasteiger partial charge on any atom is 0.323 e. The molecule has 0 aliphatic rings. The van der Waals surface area contributed by atoms with Gasteiger partial charge >= 0.3 is 12.0 Å². The van der Waals surface area contributed by atoms with E-state index in [4.69, 9.17) is 5.11 Å². The number of carbonyl (C=O) groups excluding carboxylic acids is 1. The van der Waals surface area contributed by atoms with E-state index in [0.717, 1.165) is 5.69 Å². The third-order valence-corrected chi connectivity index (χ3v) is 2.46. The van der Waals surface area contributed by atoms with Crippen LogP contribution in [0, 0.1) is 0 Å². The van der Waals surface area contributed by atoms with Crippen LogP contribution in [0.4, 0.5) is 4.79 Å². The number of rotatable bonds is 5. The highest BCUT2D eigenvalue weighted by atomic mass is 16.4. The van der Waals surface area contributed by atoms with Gasteiger partial charge in [0.05, 0.1) is 0 Å². The molecule has 0 atom stereocenters. The molecule has 1 heterocycles. The van der Waals surface area contributed by atoms with E-state index in [0.29, 0.717) is 13.0 Å². The normalized spacial score (nSPS) is 9.89. The lowest BCUT2D eigenvalue weighted by atomic mass is 10.2. The van der Waals surface area contributed by atoms with Crippen LogP contribution in [0.5, 0.6) is 0 Å². The number of hydrogen-bond donors (Lipinski definition) is 1. The van der Waals surface area contributed by atoms with Crippen LogP contribution in [-0.2, 0) is 11.2 Å². The molecule has 2 amide bonds. The summed E-state index contributed by atoms with van der Waals surface area (Å²) in [7, 11) is 3.11. The molecule has 0 spiro atoms. The first kappa shape index (κ1) is 14.0. The first-order chi connectivity index (χ1) is 8.50. The third-order valence-electron chi connectivity index (χ3n) is 2.46. The zero-order valence-corrected chi connectivity index (χ0v) is 10.5. The molecule has 0 unspecified atom stereocenters. The topological polar surface area (TPSA) is 73.7 Å². The van der Waals surface area contributed by atoms with Crippen LogP contribution in [0.15, 0.2) is 24.4 Å². The molecule has 0 aromatic carbocycles. The monoisotopic (exact) mass is 251 g/mol. The Morgan fingerprint density at radius 1 is 1.28 bits per heavy atom. The molecule has 6 heteroatoms. The van der Waals surface area contributed by atoms with Crippen molar-refractivity contribution in [2.75, 3.05) is 27.2 Å². The highest BCUT2D eigenvalue weighted by Crippen LogP contribution is 1.99. The Kier molecular flexibility index (Phi) is 5.10. The second kappa shape index (κ2) is 6.58. The predicted molar refractivity (Wildman–Crippen MR) is 66.2 cm³/mol. The van der Waals surface area contributed by atoms with Crippen molar-refractivity contribution in [2.45, 2.75) is 6.42 Å². The summed E-state index contributed by atoms with van der Waals surface area (Å²) in [5, 5.41) is 8.60. The van der Waals surface area contributed by atoms with Crippen molar-refractivity contribution in [2.24, 2.45) is 0 Å². The highest BCUT2D eigenvalue weighted by molar-refractivity contribution is 5.79. The van der Waals surface area contributed by atoms with Crippen LogP contribution in [0.3, 0.4) is 0 Å². The molecule has 18 heavy (non-hydrogen) atoms. The number of nitrogens with zero attached hydrogens (tertiary/aromatic N) is 3. The zero-order chi connectivity index (χ0) is 13.5. The SMILES string of the molecule is CN(CCc1ccccn1)C(=O)N(C)CC(=O)O. The summed E-state index contributed by atoms with van der Waals surface area (Å²) < 4.78 is 0. The lowest BCUT2D eigenvalue weighted by Crippen LogP contribution is -2.42. The minimum absolute atomic E-state index is 0.299. The van der Waals surface area contributed by atoms with Crippen LogP contribution < -0.4 is 0 Å². The molecular weight excluding hydrogens is 234 g/mol. The van der Waals surface area contributed by atoms with Gasteiger partial charge in [0.2, 0.25) is 0 Å². The Bertz CT molecular complexity index is 408. The van der Waals surface area contributed by atoms with Crippen LogP contribution in [0.2, 0.25) is 0 Å². The van der Waals surface area contributed by atoms with E-state index in [1.165, 1.54) is 16.8 Å². The number of carboxylic acids is 1.